The van der Waals surface area contributed by atoms with Crippen molar-refractivity contribution in [3.8, 4) is 11.8 Å². The number of benzene rings is 2. The summed E-state index contributed by atoms with van der Waals surface area (Å²) >= 11 is 6.55. The molecule has 3 rings (SSSR count). The van der Waals surface area contributed by atoms with Gasteiger partial charge in [0.25, 0.3) is 0 Å². The minimum absolute atomic E-state index is 0.124. The predicted molar refractivity (Wildman–Crippen MR) is 93.1 cm³/mol. The molecule has 0 radical (unpaired) electrons. The second-order valence-corrected chi connectivity index (χ2v) is 6.31. The standard InChI is InChI=1S/C16H9Br2N3O/c17-11-6-9(7-12(18)15(11)22)5-10(8-19)16-20-13-3-1-2-4-14(13)21-16/h1-7,22H,(H,20,21). The van der Waals surface area contributed by atoms with Gasteiger partial charge in [-0.05, 0) is 67.8 Å². The number of phenolic OH excluding ortho intramolecular Hbond substituents is 1. The summed E-state index contributed by atoms with van der Waals surface area (Å²) in [6.07, 6.45) is 1.71. The van der Waals surface area contributed by atoms with Gasteiger partial charge in [0, 0.05) is 0 Å². The second kappa shape index (κ2) is 5.95. The number of hydrogen-bond acceptors (Lipinski definition) is 3. The number of hydrogen-bond donors (Lipinski definition) is 2. The molecule has 0 saturated carbocycles. The van der Waals surface area contributed by atoms with Gasteiger partial charge in [0.05, 0.1) is 25.6 Å². The summed E-state index contributed by atoms with van der Waals surface area (Å²) in [4.78, 5) is 7.56. The highest BCUT2D eigenvalue weighted by molar-refractivity contribution is 9.11. The van der Waals surface area contributed by atoms with E-state index >= 15 is 0 Å². The predicted octanol–water partition coefficient (Wildman–Crippen LogP) is 4.86. The lowest BCUT2D eigenvalue weighted by Crippen LogP contribution is -1.85. The summed E-state index contributed by atoms with van der Waals surface area (Å²) in [5, 5.41) is 19.1. The molecule has 0 saturated heterocycles. The van der Waals surface area contributed by atoms with Crippen molar-refractivity contribution >= 4 is 54.5 Å². The van der Waals surface area contributed by atoms with Crippen LogP contribution in [-0.2, 0) is 0 Å². The van der Waals surface area contributed by atoms with Crippen molar-refractivity contribution in [1.29, 1.82) is 5.26 Å². The Balaban J connectivity index is 2.09. The fraction of sp³-hybridized carbons (Fsp3) is 0. The molecule has 0 amide bonds. The maximum atomic E-state index is 9.74. The molecule has 0 aliphatic rings. The number of phenols is 1. The first kappa shape index (κ1) is 14.8. The van der Waals surface area contributed by atoms with E-state index in [-0.39, 0.29) is 5.75 Å². The number of aromatic amines is 1. The van der Waals surface area contributed by atoms with E-state index in [9.17, 15) is 10.4 Å². The molecule has 0 bridgehead atoms. The number of fused-ring (bicyclic) bond motifs is 1. The largest absolute Gasteiger partial charge is 0.506 e. The number of rotatable bonds is 2. The van der Waals surface area contributed by atoms with Crippen molar-refractivity contribution in [3.05, 3.63) is 56.7 Å². The number of nitrogens with one attached hydrogen (secondary N) is 1. The van der Waals surface area contributed by atoms with Crippen LogP contribution in [0.3, 0.4) is 0 Å². The monoisotopic (exact) mass is 417 g/mol. The zero-order valence-electron chi connectivity index (χ0n) is 11.1. The lowest BCUT2D eigenvalue weighted by atomic mass is 10.1. The molecule has 1 heterocycles. The van der Waals surface area contributed by atoms with Gasteiger partial charge in [-0.3, -0.25) is 0 Å². The fourth-order valence-electron chi connectivity index (χ4n) is 2.07. The average Bonchev–Trinajstić information content (AvgIpc) is 2.93. The third kappa shape index (κ3) is 2.78. The molecule has 1 aromatic heterocycles. The maximum absolute atomic E-state index is 9.74. The number of halogens is 2. The number of para-hydroxylation sites is 2. The van der Waals surface area contributed by atoms with Gasteiger partial charge in [0.1, 0.15) is 17.6 Å². The van der Waals surface area contributed by atoms with Crippen molar-refractivity contribution in [2.45, 2.75) is 0 Å². The number of nitrogens with zero attached hydrogens (tertiary/aromatic N) is 2. The van der Waals surface area contributed by atoms with Crippen molar-refractivity contribution in [3.63, 3.8) is 0 Å². The number of aromatic nitrogens is 2. The molecule has 0 atom stereocenters. The van der Waals surface area contributed by atoms with Crippen LogP contribution >= 0.6 is 31.9 Å². The van der Waals surface area contributed by atoms with E-state index < -0.39 is 0 Å². The Labute approximate surface area is 143 Å². The van der Waals surface area contributed by atoms with Crippen LogP contribution in [-0.4, -0.2) is 15.1 Å². The number of H-pyrrole nitrogens is 1. The summed E-state index contributed by atoms with van der Waals surface area (Å²) < 4.78 is 1.10. The Morgan fingerprint density at radius 1 is 1.23 bits per heavy atom. The van der Waals surface area contributed by atoms with Gasteiger partial charge in [-0.15, -0.1) is 0 Å². The quantitative estimate of drug-likeness (QED) is 0.583. The first-order valence-corrected chi connectivity index (χ1v) is 7.92. The zero-order chi connectivity index (χ0) is 15.7. The molecule has 6 heteroatoms. The van der Waals surface area contributed by atoms with Gasteiger partial charge in [0.15, 0.2) is 0 Å². The molecule has 0 unspecified atom stereocenters. The van der Waals surface area contributed by atoms with E-state index in [1.807, 2.05) is 24.3 Å². The van der Waals surface area contributed by atoms with Crippen LogP contribution in [0.4, 0.5) is 0 Å². The summed E-state index contributed by atoms with van der Waals surface area (Å²) in [7, 11) is 0. The summed E-state index contributed by atoms with van der Waals surface area (Å²) in [6, 6.07) is 13.2. The van der Waals surface area contributed by atoms with Crippen molar-refractivity contribution < 1.29 is 5.11 Å². The van der Waals surface area contributed by atoms with E-state index in [2.05, 4.69) is 47.9 Å². The highest BCUT2D eigenvalue weighted by Crippen LogP contribution is 2.34. The van der Waals surface area contributed by atoms with Crippen molar-refractivity contribution in [1.82, 2.24) is 9.97 Å². The van der Waals surface area contributed by atoms with Gasteiger partial charge < -0.3 is 10.1 Å². The Bertz CT molecular complexity index is 882. The van der Waals surface area contributed by atoms with Crippen LogP contribution in [0.2, 0.25) is 0 Å². The number of nitriles is 1. The number of imidazole rings is 1. The molecule has 3 aromatic rings. The minimum Gasteiger partial charge on any atom is -0.506 e. The highest BCUT2D eigenvalue weighted by Gasteiger charge is 2.09. The molecule has 108 valence electrons. The van der Waals surface area contributed by atoms with E-state index in [0.717, 1.165) is 16.6 Å². The van der Waals surface area contributed by atoms with Gasteiger partial charge >= 0.3 is 0 Å². The van der Waals surface area contributed by atoms with Crippen LogP contribution < -0.4 is 0 Å². The van der Waals surface area contributed by atoms with Gasteiger partial charge in [-0.2, -0.15) is 5.26 Å². The molecule has 2 N–H and O–H groups in total. The van der Waals surface area contributed by atoms with Crippen LogP contribution in [0.25, 0.3) is 22.7 Å². The Hall–Kier alpha value is -2.10. The third-order valence-electron chi connectivity index (χ3n) is 3.12. The van der Waals surface area contributed by atoms with Crippen LogP contribution in [0.1, 0.15) is 11.4 Å². The van der Waals surface area contributed by atoms with Gasteiger partial charge in [0.2, 0.25) is 0 Å². The van der Waals surface area contributed by atoms with Crippen LogP contribution in [0.5, 0.6) is 5.75 Å². The SMILES string of the molecule is N#CC(=Cc1cc(Br)c(O)c(Br)c1)c1nc2ccccc2[nH]1. The van der Waals surface area contributed by atoms with Gasteiger partial charge in [-0.1, -0.05) is 12.1 Å². The number of allylic oxidation sites excluding steroid dienone is 1. The first-order chi connectivity index (χ1) is 10.6. The topological polar surface area (TPSA) is 72.7 Å². The van der Waals surface area contributed by atoms with Gasteiger partial charge in [-0.25, -0.2) is 4.98 Å². The molecule has 0 aliphatic carbocycles. The number of aromatic hydroxyl groups is 1. The van der Waals surface area contributed by atoms with Crippen LogP contribution in [0, 0.1) is 11.3 Å². The summed E-state index contributed by atoms with van der Waals surface area (Å²) in [5.74, 6) is 0.642. The molecular formula is C16H9Br2N3O. The smallest absolute Gasteiger partial charge is 0.149 e. The fourth-order valence-corrected chi connectivity index (χ4v) is 3.29. The normalized spacial score (nSPS) is 11.6. The molecule has 0 fully saturated rings. The molecule has 22 heavy (non-hydrogen) atoms. The molecule has 2 aromatic carbocycles. The summed E-state index contributed by atoms with van der Waals surface area (Å²) in [5.41, 5.74) is 2.88. The molecule has 0 aliphatic heterocycles. The molecule has 0 spiro atoms. The Morgan fingerprint density at radius 2 is 1.91 bits per heavy atom. The summed E-state index contributed by atoms with van der Waals surface area (Å²) in [6.45, 7) is 0. The van der Waals surface area contributed by atoms with Crippen molar-refractivity contribution in [2.24, 2.45) is 0 Å². The lowest BCUT2D eigenvalue weighted by molar-refractivity contribution is 0.468. The molecule has 4 nitrogen and oxygen atoms in total. The Morgan fingerprint density at radius 3 is 2.55 bits per heavy atom. The minimum atomic E-state index is 0.124. The average molecular weight is 419 g/mol. The zero-order valence-corrected chi connectivity index (χ0v) is 14.3. The van der Waals surface area contributed by atoms with E-state index in [1.54, 1.807) is 18.2 Å². The molecular weight excluding hydrogens is 410 g/mol. The lowest BCUT2D eigenvalue weighted by Gasteiger charge is -2.03. The van der Waals surface area contributed by atoms with Crippen LogP contribution in [0.15, 0.2) is 45.3 Å². The van der Waals surface area contributed by atoms with Crippen molar-refractivity contribution in [2.75, 3.05) is 0 Å². The van der Waals surface area contributed by atoms with E-state index in [4.69, 9.17) is 0 Å². The first-order valence-electron chi connectivity index (χ1n) is 6.33. The highest BCUT2D eigenvalue weighted by atomic mass is 79.9. The van der Waals surface area contributed by atoms with E-state index in [1.165, 1.54) is 0 Å². The second-order valence-electron chi connectivity index (χ2n) is 4.61. The maximum Gasteiger partial charge on any atom is 0.149 e. The third-order valence-corrected chi connectivity index (χ3v) is 4.32. The van der Waals surface area contributed by atoms with E-state index in [0.29, 0.717) is 20.3 Å². The Kier molecular flexibility index (Phi) is 4.01.